The molecule has 0 unspecified atom stereocenters. The minimum absolute atomic E-state index is 0.227. The van der Waals surface area contributed by atoms with Crippen molar-refractivity contribution in [3.8, 4) is 23.1 Å². The SMILES string of the molecule is CC(C)S(=O)(=O)c1ccc(-c2cnc(N)c(C#Cc3cccc4[nH]ncc34)n2)cc1. The molecule has 2 aromatic carbocycles. The summed E-state index contributed by atoms with van der Waals surface area (Å²) in [6.07, 6.45) is 3.26. The van der Waals surface area contributed by atoms with Gasteiger partial charge in [-0.15, -0.1) is 0 Å². The van der Waals surface area contributed by atoms with Gasteiger partial charge in [0.1, 0.15) is 0 Å². The van der Waals surface area contributed by atoms with Crippen LogP contribution in [0.1, 0.15) is 25.1 Å². The van der Waals surface area contributed by atoms with E-state index >= 15 is 0 Å². The second-order valence-corrected chi connectivity index (χ2v) is 9.50. The summed E-state index contributed by atoms with van der Waals surface area (Å²) in [5, 5.41) is 7.37. The summed E-state index contributed by atoms with van der Waals surface area (Å²) in [6, 6.07) is 12.3. The van der Waals surface area contributed by atoms with Crippen molar-refractivity contribution < 1.29 is 8.42 Å². The third-order valence-corrected chi connectivity index (χ3v) is 6.87. The molecule has 0 aliphatic carbocycles. The fourth-order valence-corrected chi connectivity index (χ4v) is 3.98. The normalized spacial score (nSPS) is 11.4. The van der Waals surface area contributed by atoms with Gasteiger partial charge in [0.05, 0.1) is 33.7 Å². The summed E-state index contributed by atoms with van der Waals surface area (Å²) in [6.45, 7) is 3.31. The van der Waals surface area contributed by atoms with Crippen LogP contribution in [0.3, 0.4) is 0 Å². The van der Waals surface area contributed by atoms with Gasteiger partial charge in [-0.3, -0.25) is 5.10 Å². The third-order valence-electron chi connectivity index (χ3n) is 4.70. The Morgan fingerprint density at radius 3 is 2.53 bits per heavy atom. The van der Waals surface area contributed by atoms with Crippen molar-refractivity contribution in [2.75, 3.05) is 5.73 Å². The van der Waals surface area contributed by atoms with E-state index in [1.807, 2.05) is 18.2 Å². The molecule has 0 aliphatic heterocycles. The van der Waals surface area contributed by atoms with Crippen molar-refractivity contribution in [2.24, 2.45) is 0 Å². The van der Waals surface area contributed by atoms with Gasteiger partial charge in [0, 0.05) is 16.5 Å². The molecule has 3 N–H and O–H groups in total. The van der Waals surface area contributed by atoms with E-state index in [4.69, 9.17) is 5.73 Å². The molecule has 150 valence electrons. The largest absolute Gasteiger partial charge is 0.381 e. The Balaban J connectivity index is 1.69. The van der Waals surface area contributed by atoms with Crippen LogP contribution in [0, 0.1) is 11.8 Å². The number of hydrogen-bond donors (Lipinski definition) is 2. The van der Waals surface area contributed by atoms with Gasteiger partial charge >= 0.3 is 0 Å². The van der Waals surface area contributed by atoms with Crippen LogP contribution in [-0.4, -0.2) is 33.8 Å². The number of hydrogen-bond acceptors (Lipinski definition) is 6. The van der Waals surface area contributed by atoms with Crippen LogP contribution >= 0.6 is 0 Å². The van der Waals surface area contributed by atoms with E-state index in [9.17, 15) is 8.42 Å². The molecule has 0 spiro atoms. The van der Waals surface area contributed by atoms with Gasteiger partial charge in [0.15, 0.2) is 21.3 Å². The predicted octanol–water partition coefficient (Wildman–Crippen LogP) is 3.18. The van der Waals surface area contributed by atoms with Crippen molar-refractivity contribution in [1.29, 1.82) is 0 Å². The Hall–Kier alpha value is -3.70. The van der Waals surface area contributed by atoms with Crippen molar-refractivity contribution in [3.63, 3.8) is 0 Å². The zero-order valence-electron chi connectivity index (χ0n) is 16.4. The number of fused-ring (bicyclic) bond motifs is 1. The third kappa shape index (κ3) is 3.63. The van der Waals surface area contributed by atoms with E-state index in [0.29, 0.717) is 11.4 Å². The zero-order valence-corrected chi connectivity index (χ0v) is 17.2. The molecule has 0 saturated carbocycles. The minimum Gasteiger partial charge on any atom is -0.381 e. The summed E-state index contributed by atoms with van der Waals surface area (Å²) in [5.41, 5.74) is 9.30. The maximum absolute atomic E-state index is 12.3. The van der Waals surface area contributed by atoms with Gasteiger partial charge < -0.3 is 5.73 Å². The fourth-order valence-electron chi connectivity index (χ4n) is 2.92. The molecule has 0 fully saturated rings. The molecule has 0 bridgehead atoms. The average molecular weight is 417 g/mol. The maximum atomic E-state index is 12.3. The highest BCUT2D eigenvalue weighted by molar-refractivity contribution is 7.92. The van der Waals surface area contributed by atoms with Gasteiger partial charge in [-0.25, -0.2) is 18.4 Å². The minimum atomic E-state index is -3.33. The number of sulfone groups is 1. The van der Waals surface area contributed by atoms with Crippen molar-refractivity contribution >= 4 is 26.6 Å². The molecule has 7 nitrogen and oxygen atoms in total. The number of nitrogens with one attached hydrogen (secondary N) is 1. The second kappa shape index (κ2) is 7.61. The van der Waals surface area contributed by atoms with Crippen molar-refractivity contribution in [1.82, 2.24) is 20.2 Å². The molecule has 2 heterocycles. The first-order chi connectivity index (χ1) is 14.4. The average Bonchev–Trinajstić information content (AvgIpc) is 3.23. The number of H-pyrrole nitrogens is 1. The number of benzene rings is 2. The van der Waals surface area contributed by atoms with Crippen LogP contribution in [0.2, 0.25) is 0 Å². The van der Waals surface area contributed by atoms with Gasteiger partial charge in [-0.05, 0) is 44.0 Å². The van der Waals surface area contributed by atoms with Crippen LogP contribution in [0.5, 0.6) is 0 Å². The van der Waals surface area contributed by atoms with Crippen LogP contribution < -0.4 is 5.73 Å². The molecule has 4 rings (SSSR count). The summed E-state index contributed by atoms with van der Waals surface area (Å²) in [5.74, 6) is 6.29. The van der Waals surface area contributed by atoms with Crippen LogP contribution in [0.4, 0.5) is 5.82 Å². The Morgan fingerprint density at radius 2 is 1.80 bits per heavy atom. The molecule has 30 heavy (non-hydrogen) atoms. The smallest absolute Gasteiger partial charge is 0.180 e. The molecule has 0 radical (unpaired) electrons. The maximum Gasteiger partial charge on any atom is 0.180 e. The molecule has 0 atom stereocenters. The first-order valence-electron chi connectivity index (χ1n) is 9.27. The lowest BCUT2D eigenvalue weighted by atomic mass is 10.1. The highest BCUT2D eigenvalue weighted by Crippen LogP contribution is 2.23. The molecule has 0 saturated heterocycles. The summed E-state index contributed by atoms with van der Waals surface area (Å²) >= 11 is 0. The van der Waals surface area contributed by atoms with Crippen LogP contribution in [0.15, 0.2) is 59.8 Å². The molecular formula is C22H19N5O2S. The number of aromatic amines is 1. The number of anilines is 1. The topological polar surface area (TPSA) is 115 Å². The number of nitrogens with two attached hydrogens (primary N) is 1. The number of aromatic nitrogens is 4. The van der Waals surface area contributed by atoms with E-state index in [2.05, 4.69) is 32.0 Å². The Morgan fingerprint density at radius 1 is 1.03 bits per heavy atom. The van der Waals surface area contributed by atoms with E-state index in [1.54, 1.807) is 50.5 Å². The summed E-state index contributed by atoms with van der Waals surface area (Å²) < 4.78 is 24.6. The quantitative estimate of drug-likeness (QED) is 0.495. The van der Waals surface area contributed by atoms with Crippen molar-refractivity contribution in [2.45, 2.75) is 24.0 Å². The van der Waals surface area contributed by atoms with E-state index in [-0.39, 0.29) is 10.7 Å². The van der Waals surface area contributed by atoms with Gasteiger partial charge in [0.2, 0.25) is 0 Å². The van der Waals surface area contributed by atoms with E-state index < -0.39 is 15.1 Å². The Kier molecular flexibility index (Phi) is 4.98. The number of rotatable bonds is 3. The molecule has 8 heteroatoms. The first-order valence-corrected chi connectivity index (χ1v) is 10.8. The van der Waals surface area contributed by atoms with Gasteiger partial charge in [-0.1, -0.05) is 24.1 Å². The lowest BCUT2D eigenvalue weighted by Crippen LogP contribution is -2.13. The van der Waals surface area contributed by atoms with E-state index in [1.165, 1.54) is 0 Å². The molecule has 0 amide bonds. The second-order valence-electron chi connectivity index (χ2n) is 6.99. The Bertz CT molecular complexity index is 1390. The zero-order chi connectivity index (χ0) is 21.3. The monoisotopic (exact) mass is 417 g/mol. The molecule has 2 aromatic heterocycles. The summed E-state index contributed by atoms with van der Waals surface area (Å²) in [7, 11) is -3.33. The van der Waals surface area contributed by atoms with Crippen molar-refractivity contribution in [3.05, 3.63) is 66.1 Å². The van der Waals surface area contributed by atoms with E-state index in [0.717, 1.165) is 22.0 Å². The standard InChI is InChI=1S/C22H19N5O2S/c1-14(2)30(28,29)17-9-6-16(7-10-17)21-13-24-22(23)20(26-21)11-8-15-4-3-5-19-18(15)12-25-27-19/h3-7,9-10,12-14H,1-2H3,(H2,23,24)(H,25,27). The Labute approximate surface area is 174 Å². The fraction of sp³-hybridized carbons (Fsp3) is 0.136. The van der Waals surface area contributed by atoms with Gasteiger partial charge in [0.25, 0.3) is 0 Å². The lowest BCUT2D eigenvalue weighted by molar-refractivity contribution is 0.587. The number of nitrogen functional groups attached to an aromatic ring is 1. The first kappa shape index (κ1) is 19.6. The van der Waals surface area contributed by atoms with Gasteiger partial charge in [-0.2, -0.15) is 5.10 Å². The molecule has 0 aliphatic rings. The predicted molar refractivity (Wildman–Crippen MR) is 116 cm³/mol. The molecule has 4 aromatic rings. The van der Waals surface area contributed by atoms with Crippen LogP contribution in [0.25, 0.3) is 22.2 Å². The lowest BCUT2D eigenvalue weighted by Gasteiger charge is -2.08. The highest BCUT2D eigenvalue weighted by Gasteiger charge is 2.19. The summed E-state index contributed by atoms with van der Waals surface area (Å²) in [4.78, 5) is 8.99. The van der Waals surface area contributed by atoms with Crippen LogP contribution in [-0.2, 0) is 9.84 Å². The molecular weight excluding hydrogens is 398 g/mol. The highest BCUT2D eigenvalue weighted by atomic mass is 32.2. The number of nitrogens with zero attached hydrogens (tertiary/aromatic N) is 3.